The molecule has 92 valence electrons. The van der Waals surface area contributed by atoms with E-state index in [1.54, 1.807) is 6.92 Å². The number of hydrogen-bond donors (Lipinski definition) is 2. The van der Waals surface area contributed by atoms with Crippen molar-refractivity contribution >= 4 is 10.2 Å². The quantitative estimate of drug-likeness (QED) is 0.640. The molecule has 1 unspecified atom stereocenters. The maximum atomic E-state index is 11.7. The van der Waals surface area contributed by atoms with Crippen molar-refractivity contribution in [1.82, 2.24) is 9.03 Å². The molecule has 0 aliphatic rings. The lowest BCUT2D eigenvalue weighted by molar-refractivity contribution is 0.197. The predicted octanol–water partition coefficient (Wildman–Crippen LogP) is 0.324. The first-order chi connectivity index (χ1) is 6.94. The van der Waals surface area contributed by atoms with Gasteiger partial charge in [0.1, 0.15) is 0 Å². The van der Waals surface area contributed by atoms with Gasteiger partial charge in [-0.3, -0.25) is 0 Å². The van der Waals surface area contributed by atoms with Gasteiger partial charge in [0.2, 0.25) is 0 Å². The molecule has 0 aliphatic heterocycles. The molecule has 0 rings (SSSR count). The van der Waals surface area contributed by atoms with Crippen LogP contribution in [0.4, 0.5) is 0 Å². The average molecular weight is 238 g/mol. The third-order valence-corrected chi connectivity index (χ3v) is 3.42. The van der Waals surface area contributed by atoms with E-state index in [9.17, 15) is 8.42 Å². The number of aliphatic hydroxyl groups excluding tert-OH is 1. The van der Waals surface area contributed by atoms with Crippen molar-refractivity contribution in [2.75, 3.05) is 19.6 Å². The normalized spacial score (nSPS) is 14.5. The molecule has 0 radical (unpaired) electrons. The van der Waals surface area contributed by atoms with Crippen LogP contribution in [0.3, 0.4) is 0 Å². The van der Waals surface area contributed by atoms with Crippen molar-refractivity contribution in [3.63, 3.8) is 0 Å². The van der Waals surface area contributed by atoms with E-state index < -0.39 is 16.3 Å². The van der Waals surface area contributed by atoms with E-state index in [1.165, 1.54) is 4.31 Å². The van der Waals surface area contributed by atoms with Crippen molar-refractivity contribution in [3.8, 4) is 0 Å². The lowest BCUT2D eigenvalue weighted by Gasteiger charge is -2.21. The topological polar surface area (TPSA) is 69.6 Å². The summed E-state index contributed by atoms with van der Waals surface area (Å²) in [5.41, 5.74) is 0. The van der Waals surface area contributed by atoms with Crippen LogP contribution in [0.2, 0.25) is 0 Å². The molecular formula is C9H22N2O3S. The van der Waals surface area contributed by atoms with Gasteiger partial charge in [0.05, 0.1) is 6.10 Å². The van der Waals surface area contributed by atoms with Crippen LogP contribution >= 0.6 is 0 Å². The highest BCUT2D eigenvalue weighted by Crippen LogP contribution is 2.01. The van der Waals surface area contributed by atoms with Gasteiger partial charge in [0.25, 0.3) is 10.2 Å². The van der Waals surface area contributed by atoms with Gasteiger partial charge < -0.3 is 5.11 Å². The fourth-order valence-electron chi connectivity index (χ4n) is 1.17. The molecule has 2 N–H and O–H groups in total. The lowest BCUT2D eigenvalue weighted by Crippen LogP contribution is -2.43. The minimum atomic E-state index is -3.42. The second-order valence-electron chi connectivity index (χ2n) is 3.60. The summed E-state index contributed by atoms with van der Waals surface area (Å²) in [6.07, 6.45) is 0.912. The van der Waals surface area contributed by atoms with Gasteiger partial charge in [0.15, 0.2) is 0 Å². The number of aliphatic hydroxyl groups is 1. The highest BCUT2D eigenvalue weighted by Gasteiger charge is 2.19. The largest absolute Gasteiger partial charge is 0.392 e. The summed E-state index contributed by atoms with van der Waals surface area (Å²) < 4.78 is 27.2. The first-order valence-corrected chi connectivity index (χ1v) is 6.80. The van der Waals surface area contributed by atoms with E-state index in [2.05, 4.69) is 4.72 Å². The second-order valence-corrected chi connectivity index (χ2v) is 5.36. The van der Waals surface area contributed by atoms with E-state index in [4.69, 9.17) is 5.11 Å². The Hall–Kier alpha value is -0.170. The van der Waals surface area contributed by atoms with E-state index in [-0.39, 0.29) is 6.54 Å². The van der Waals surface area contributed by atoms with Gasteiger partial charge in [-0.1, -0.05) is 13.8 Å². The van der Waals surface area contributed by atoms with Crippen LogP contribution in [0.25, 0.3) is 0 Å². The van der Waals surface area contributed by atoms with Crippen LogP contribution in [0.15, 0.2) is 0 Å². The van der Waals surface area contributed by atoms with Crippen molar-refractivity contribution in [2.24, 2.45) is 0 Å². The molecule has 0 aliphatic carbocycles. The Bertz CT molecular complexity index is 246. The highest BCUT2D eigenvalue weighted by atomic mass is 32.2. The maximum Gasteiger partial charge on any atom is 0.279 e. The fraction of sp³-hybridized carbons (Fsp3) is 1.00. The SMILES string of the molecule is CCCN(CCC)S(=O)(=O)NCC(C)O. The lowest BCUT2D eigenvalue weighted by atomic mass is 10.4. The predicted molar refractivity (Wildman–Crippen MR) is 60.8 cm³/mol. The zero-order valence-electron chi connectivity index (χ0n) is 9.73. The molecule has 0 saturated heterocycles. The Morgan fingerprint density at radius 1 is 1.27 bits per heavy atom. The molecule has 0 aromatic carbocycles. The molecule has 0 spiro atoms. The van der Waals surface area contributed by atoms with Crippen LogP contribution in [0.1, 0.15) is 33.6 Å². The monoisotopic (exact) mass is 238 g/mol. The summed E-state index contributed by atoms with van der Waals surface area (Å²) >= 11 is 0. The Morgan fingerprint density at radius 2 is 1.73 bits per heavy atom. The molecule has 6 heteroatoms. The molecule has 0 amide bonds. The Labute approximate surface area is 92.7 Å². The molecular weight excluding hydrogens is 216 g/mol. The molecule has 5 nitrogen and oxygen atoms in total. The Kier molecular flexibility index (Phi) is 7.08. The number of hydrogen-bond acceptors (Lipinski definition) is 3. The van der Waals surface area contributed by atoms with Crippen molar-refractivity contribution in [2.45, 2.75) is 39.7 Å². The zero-order valence-corrected chi connectivity index (χ0v) is 10.5. The van der Waals surface area contributed by atoms with E-state index in [1.807, 2.05) is 13.8 Å². The fourth-order valence-corrected chi connectivity index (χ4v) is 2.65. The van der Waals surface area contributed by atoms with Crippen LogP contribution in [0, 0.1) is 0 Å². The van der Waals surface area contributed by atoms with Gasteiger partial charge >= 0.3 is 0 Å². The summed E-state index contributed by atoms with van der Waals surface area (Å²) in [4.78, 5) is 0. The molecule has 0 fully saturated rings. The third-order valence-electron chi connectivity index (χ3n) is 1.85. The third kappa shape index (κ3) is 6.09. The van der Waals surface area contributed by atoms with Gasteiger partial charge in [-0.2, -0.15) is 17.4 Å². The van der Waals surface area contributed by atoms with Crippen LogP contribution in [-0.4, -0.2) is 43.6 Å². The summed E-state index contributed by atoms with van der Waals surface area (Å²) in [7, 11) is -3.42. The standard InChI is InChI=1S/C9H22N2O3S/c1-4-6-11(7-5-2)15(13,14)10-8-9(3)12/h9-10,12H,4-8H2,1-3H3. The van der Waals surface area contributed by atoms with Crippen molar-refractivity contribution < 1.29 is 13.5 Å². The van der Waals surface area contributed by atoms with Crippen LogP contribution in [0.5, 0.6) is 0 Å². The second kappa shape index (κ2) is 7.16. The Balaban J connectivity index is 4.35. The van der Waals surface area contributed by atoms with Gasteiger partial charge in [-0.15, -0.1) is 0 Å². The number of nitrogens with zero attached hydrogens (tertiary/aromatic N) is 1. The van der Waals surface area contributed by atoms with Gasteiger partial charge in [-0.05, 0) is 19.8 Å². The number of rotatable bonds is 8. The molecule has 1 atom stereocenters. The first-order valence-electron chi connectivity index (χ1n) is 5.36. The number of nitrogens with one attached hydrogen (secondary N) is 1. The van der Waals surface area contributed by atoms with Gasteiger partial charge in [-0.25, -0.2) is 0 Å². The van der Waals surface area contributed by atoms with Crippen LogP contribution < -0.4 is 4.72 Å². The summed E-state index contributed by atoms with van der Waals surface area (Å²) in [6, 6.07) is 0. The maximum absolute atomic E-state index is 11.7. The van der Waals surface area contributed by atoms with E-state index in [0.717, 1.165) is 12.8 Å². The van der Waals surface area contributed by atoms with E-state index in [0.29, 0.717) is 13.1 Å². The van der Waals surface area contributed by atoms with E-state index >= 15 is 0 Å². The molecule has 0 saturated carbocycles. The minimum Gasteiger partial charge on any atom is -0.392 e. The zero-order chi connectivity index (χ0) is 11.9. The molecule has 0 aromatic rings. The summed E-state index contributed by atoms with van der Waals surface area (Å²) in [6.45, 7) is 6.52. The molecule has 0 bridgehead atoms. The molecule has 0 aromatic heterocycles. The highest BCUT2D eigenvalue weighted by molar-refractivity contribution is 7.87. The molecule has 0 heterocycles. The van der Waals surface area contributed by atoms with Crippen molar-refractivity contribution in [1.29, 1.82) is 0 Å². The summed E-state index contributed by atoms with van der Waals surface area (Å²) in [5, 5.41) is 9.01. The first kappa shape index (κ1) is 14.8. The Morgan fingerprint density at radius 3 is 2.07 bits per heavy atom. The summed E-state index contributed by atoms with van der Waals surface area (Å²) in [5.74, 6) is 0. The minimum absolute atomic E-state index is 0.0618. The molecule has 15 heavy (non-hydrogen) atoms. The van der Waals surface area contributed by atoms with Crippen molar-refractivity contribution in [3.05, 3.63) is 0 Å². The smallest absolute Gasteiger partial charge is 0.279 e. The van der Waals surface area contributed by atoms with Gasteiger partial charge in [0, 0.05) is 19.6 Å². The van der Waals surface area contributed by atoms with Crippen LogP contribution in [-0.2, 0) is 10.2 Å². The average Bonchev–Trinajstić information content (AvgIpc) is 2.15.